The predicted molar refractivity (Wildman–Crippen MR) is 131 cm³/mol. The molecule has 1 amide bonds. The van der Waals surface area contributed by atoms with Crippen LogP contribution in [0.15, 0.2) is 79.3 Å². The Morgan fingerprint density at radius 1 is 1.03 bits per heavy atom. The fourth-order valence-electron chi connectivity index (χ4n) is 4.07. The van der Waals surface area contributed by atoms with Crippen LogP contribution in [0.2, 0.25) is 0 Å². The minimum Gasteiger partial charge on any atom is -0.324 e. The normalized spacial score (nSPS) is 11.2. The van der Waals surface area contributed by atoms with E-state index < -0.39 is 5.82 Å². The summed E-state index contributed by atoms with van der Waals surface area (Å²) >= 11 is 0. The number of H-pyrrole nitrogens is 2. The largest absolute Gasteiger partial charge is 0.324 e. The van der Waals surface area contributed by atoms with Crippen LogP contribution < -0.4 is 5.32 Å². The highest BCUT2D eigenvalue weighted by atomic mass is 19.1. The van der Waals surface area contributed by atoms with Crippen LogP contribution in [-0.4, -0.2) is 36.0 Å². The summed E-state index contributed by atoms with van der Waals surface area (Å²) in [7, 11) is 0. The lowest BCUT2D eigenvalue weighted by Gasteiger charge is -2.09. The molecule has 6 rings (SSSR count). The van der Waals surface area contributed by atoms with E-state index in [2.05, 4.69) is 35.5 Å². The summed E-state index contributed by atoms with van der Waals surface area (Å²) in [6.07, 6.45) is 4.98. The van der Waals surface area contributed by atoms with Crippen LogP contribution in [0.4, 0.5) is 10.1 Å². The number of amides is 1. The first-order valence-corrected chi connectivity index (χ1v) is 10.9. The van der Waals surface area contributed by atoms with E-state index in [4.69, 9.17) is 0 Å². The third kappa shape index (κ3) is 3.89. The molecule has 0 radical (unpaired) electrons. The summed E-state index contributed by atoms with van der Waals surface area (Å²) in [5.74, 6) is -0.225. The summed E-state index contributed by atoms with van der Waals surface area (Å²) in [4.78, 5) is 28.5. The minimum absolute atomic E-state index is 0.179. The minimum atomic E-state index is -0.464. The van der Waals surface area contributed by atoms with Crippen LogP contribution in [0.1, 0.15) is 5.56 Å². The van der Waals surface area contributed by atoms with Gasteiger partial charge >= 0.3 is 0 Å². The predicted octanol–water partition coefficient (Wildman–Crippen LogP) is 4.88. The molecule has 3 N–H and O–H groups in total. The number of hydrogen-bond acceptors (Lipinski definition) is 5. The van der Waals surface area contributed by atoms with Crippen molar-refractivity contribution in [2.24, 2.45) is 0 Å². The first-order chi connectivity index (χ1) is 17.2. The lowest BCUT2D eigenvalue weighted by atomic mass is 10.0. The number of aromatic nitrogens is 6. The number of hydrogen-bond donors (Lipinski definition) is 3. The molecule has 6 aromatic rings. The van der Waals surface area contributed by atoms with Crippen LogP contribution in [-0.2, 0) is 11.2 Å². The lowest BCUT2D eigenvalue weighted by molar-refractivity contribution is -0.115. The molecule has 0 fully saturated rings. The molecule has 0 aliphatic carbocycles. The Labute approximate surface area is 198 Å². The van der Waals surface area contributed by atoms with E-state index in [0.717, 1.165) is 5.56 Å². The Morgan fingerprint density at radius 2 is 1.91 bits per heavy atom. The average molecular weight is 463 g/mol. The summed E-state index contributed by atoms with van der Waals surface area (Å²) in [5, 5.41) is 10.3. The fraction of sp³-hybridized carbons (Fsp3) is 0.0385. The number of pyridine rings is 2. The molecule has 0 unspecified atom stereocenters. The molecule has 0 spiro atoms. The fourth-order valence-corrected chi connectivity index (χ4v) is 4.07. The van der Waals surface area contributed by atoms with Crippen molar-refractivity contribution in [2.75, 3.05) is 5.32 Å². The van der Waals surface area contributed by atoms with E-state index in [1.54, 1.807) is 36.7 Å². The Kier molecular flexibility index (Phi) is 4.99. The standard InChI is InChI=1S/C26H18FN7O/c27-23-18(16-12-17(14-28-13-16)30-21(35)11-15-5-2-1-3-6-15)8-9-19-22(23)24(34-33-19)26-31-20-7-4-10-29-25(20)32-26/h1-10,12-14H,11H2,(H,30,35)(H,33,34)(H,29,31,32). The van der Waals surface area contributed by atoms with Crippen LogP contribution in [0.3, 0.4) is 0 Å². The van der Waals surface area contributed by atoms with Gasteiger partial charge in [-0.3, -0.25) is 14.9 Å². The molecule has 0 saturated heterocycles. The second kappa shape index (κ2) is 8.45. The number of rotatable bonds is 5. The Morgan fingerprint density at radius 3 is 2.77 bits per heavy atom. The number of imidazole rings is 1. The maximum absolute atomic E-state index is 15.8. The Hall–Kier alpha value is -4.92. The van der Waals surface area contributed by atoms with Gasteiger partial charge in [0.25, 0.3) is 0 Å². The molecule has 2 aromatic carbocycles. The summed E-state index contributed by atoms with van der Waals surface area (Å²) in [6, 6.07) is 18.2. The van der Waals surface area contributed by atoms with Gasteiger partial charge in [0.05, 0.1) is 29.2 Å². The second-order valence-electron chi connectivity index (χ2n) is 8.05. The van der Waals surface area contributed by atoms with Crippen molar-refractivity contribution >= 4 is 33.7 Å². The summed E-state index contributed by atoms with van der Waals surface area (Å²) in [5.41, 5.74) is 4.41. The molecule has 8 nitrogen and oxygen atoms in total. The highest BCUT2D eigenvalue weighted by Gasteiger charge is 2.20. The molecule has 170 valence electrons. The lowest BCUT2D eigenvalue weighted by Crippen LogP contribution is -2.14. The first kappa shape index (κ1) is 20.7. The number of nitrogens with zero attached hydrogens (tertiary/aromatic N) is 4. The van der Waals surface area contributed by atoms with Gasteiger partial charge in [0.1, 0.15) is 17.0 Å². The van der Waals surface area contributed by atoms with Gasteiger partial charge in [-0.2, -0.15) is 5.10 Å². The van der Waals surface area contributed by atoms with Gasteiger partial charge in [-0.25, -0.2) is 14.4 Å². The van der Waals surface area contributed by atoms with Gasteiger partial charge in [-0.1, -0.05) is 30.3 Å². The third-order valence-electron chi connectivity index (χ3n) is 5.69. The zero-order valence-electron chi connectivity index (χ0n) is 18.3. The average Bonchev–Trinajstić information content (AvgIpc) is 3.49. The molecular formula is C26H18FN7O. The van der Waals surface area contributed by atoms with Gasteiger partial charge < -0.3 is 10.3 Å². The summed E-state index contributed by atoms with van der Waals surface area (Å²) < 4.78 is 15.8. The zero-order chi connectivity index (χ0) is 23.8. The maximum atomic E-state index is 15.8. The molecule has 35 heavy (non-hydrogen) atoms. The number of aromatic amines is 2. The van der Waals surface area contributed by atoms with Crippen molar-refractivity contribution < 1.29 is 9.18 Å². The smallest absolute Gasteiger partial charge is 0.228 e. The van der Waals surface area contributed by atoms with E-state index >= 15 is 4.39 Å². The number of benzene rings is 2. The molecular weight excluding hydrogens is 445 g/mol. The van der Waals surface area contributed by atoms with Crippen molar-refractivity contribution in [3.8, 4) is 22.6 Å². The number of carbonyl (C=O) groups excluding carboxylic acids is 1. The van der Waals surface area contributed by atoms with E-state index in [0.29, 0.717) is 50.4 Å². The third-order valence-corrected chi connectivity index (χ3v) is 5.69. The number of carbonyl (C=O) groups is 1. The quantitative estimate of drug-likeness (QED) is 0.337. The van der Waals surface area contributed by atoms with Gasteiger partial charge in [0.2, 0.25) is 5.91 Å². The van der Waals surface area contributed by atoms with E-state index in [-0.39, 0.29) is 12.3 Å². The molecule has 0 aliphatic heterocycles. The second-order valence-corrected chi connectivity index (χ2v) is 8.05. The van der Waals surface area contributed by atoms with Gasteiger partial charge in [-0.05, 0) is 35.9 Å². The molecule has 0 bridgehead atoms. The van der Waals surface area contributed by atoms with Crippen LogP contribution in [0, 0.1) is 5.82 Å². The maximum Gasteiger partial charge on any atom is 0.228 e. The van der Waals surface area contributed by atoms with Crippen LogP contribution in [0.5, 0.6) is 0 Å². The van der Waals surface area contributed by atoms with Crippen molar-refractivity contribution in [3.05, 3.63) is 90.6 Å². The van der Waals surface area contributed by atoms with Crippen LogP contribution >= 0.6 is 0 Å². The highest BCUT2D eigenvalue weighted by Crippen LogP contribution is 2.34. The number of anilines is 1. The van der Waals surface area contributed by atoms with Crippen molar-refractivity contribution in [1.29, 1.82) is 0 Å². The van der Waals surface area contributed by atoms with Crippen molar-refractivity contribution in [1.82, 2.24) is 30.1 Å². The monoisotopic (exact) mass is 463 g/mol. The Bertz CT molecular complexity index is 1660. The molecule has 9 heteroatoms. The zero-order valence-corrected chi connectivity index (χ0v) is 18.3. The molecule has 4 aromatic heterocycles. The van der Waals surface area contributed by atoms with Crippen molar-refractivity contribution in [3.63, 3.8) is 0 Å². The molecule has 4 heterocycles. The number of halogens is 1. The van der Waals surface area contributed by atoms with E-state index in [9.17, 15) is 4.79 Å². The highest BCUT2D eigenvalue weighted by molar-refractivity contribution is 5.97. The Balaban J connectivity index is 1.34. The van der Waals surface area contributed by atoms with E-state index in [1.165, 1.54) is 6.20 Å². The topological polar surface area (TPSA) is 112 Å². The van der Waals surface area contributed by atoms with Gasteiger partial charge in [0, 0.05) is 23.5 Å². The SMILES string of the molecule is O=C(Cc1ccccc1)Nc1cncc(-c2ccc3[nH]nc(-c4nc5cccnc5[nH]4)c3c2F)c1. The van der Waals surface area contributed by atoms with Gasteiger partial charge in [-0.15, -0.1) is 0 Å². The van der Waals surface area contributed by atoms with Crippen LogP contribution in [0.25, 0.3) is 44.7 Å². The number of fused-ring (bicyclic) bond motifs is 2. The van der Waals surface area contributed by atoms with Gasteiger partial charge in [0.15, 0.2) is 11.5 Å². The molecule has 0 aliphatic rings. The number of nitrogens with one attached hydrogen (secondary N) is 3. The van der Waals surface area contributed by atoms with E-state index in [1.807, 2.05) is 36.4 Å². The molecule has 0 saturated carbocycles. The summed E-state index contributed by atoms with van der Waals surface area (Å²) in [6.45, 7) is 0. The molecule has 0 atom stereocenters. The first-order valence-electron chi connectivity index (χ1n) is 10.9. The van der Waals surface area contributed by atoms with Crippen molar-refractivity contribution in [2.45, 2.75) is 6.42 Å².